The van der Waals surface area contributed by atoms with Gasteiger partial charge >= 0.3 is 0 Å². The van der Waals surface area contributed by atoms with E-state index in [-0.39, 0.29) is 0 Å². The molecule has 1 heterocycles. The Balaban J connectivity index is 1.72. The van der Waals surface area contributed by atoms with Crippen LogP contribution in [-0.2, 0) is 0 Å². The molecule has 2 aliphatic rings. The van der Waals surface area contributed by atoms with E-state index in [9.17, 15) is 0 Å². The van der Waals surface area contributed by atoms with Crippen LogP contribution in [-0.4, -0.2) is 37.1 Å². The maximum Gasteiger partial charge on any atom is 0.00914 e. The molecule has 2 fully saturated rings. The second-order valence-electron chi connectivity index (χ2n) is 6.57. The summed E-state index contributed by atoms with van der Waals surface area (Å²) in [6.45, 7) is 9.88. The molecule has 106 valence electrons. The Kier molecular flexibility index (Phi) is 5.50. The second-order valence-corrected chi connectivity index (χ2v) is 6.57. The van der Waals surface area contributed by atoms with Crippen molar-refractivity contribution in [2.45, 2.75) is 71.3 Å². The lowest BCUT2D eigenvalue weighted by atomic mass is 9.82. The average molecular weight is 252 g/mol. The SMILES string of the molecule is CCCNC1CCN(CC2(CC)CCCC2)CC1. The highest BCUT2D eigenvalue weighted by atomic mass is 15.1. The number of hydrogen-bond donors (Lipinski definition) is 1. The van der Waals surface area contributed by atoms with Crippen LogP contribution in [0.4, 0.5) is 0 Å². The molecule has 1 aliphatic carbocycles. The third-order valence-corrected chi connectivity index (χ3v) is 5.24. The number of rotatable bonds is 6. The van der Waals surface area contributed by atoms with Gasteiger partial charge in [0.05, 0.1) is 0 Å². The first-order valence-electron chi connectivity index (χ1n) is 8.24. The van der Waals surface area contributed by atoms with E-state index in [4.69, 9.17) is 0 Å². The zero-order chi connectivity index (χ0) is 12.8. The highest BCUT2D eigenvalue weighted by molar-refractivity contribution is 4.88. The fraction of sp³-hybridized carbons (Fsp3) is 1.00. The number of nitrogens with zero attached hydrogens (tertiary/aromatic N) is 1. The summed E-state index contributed by atoms with van der Waals surface area (Å²) in [7, 11) is 0. The molecule has 1 aliphatic heterocycles. The number of nitrogens with one attached hydrogen (secondary N) is 1. The van der Waals surface area contributed by atoms with Gasteiger partial charge in [-0.25, -0.2) is 0 Å². The van der Waals surface area contributed by atoms with E-state index in [2.05, 4.69) is 24.1 Å². The minimum atomic E-state index is 0.684. The van der Waals surface area contributed by atoms with E-state index >= 15 is 0 Å². The van der Waals surface area contributed by atoms with Crippen molar-refractivity contribution in [2.75, 3.05) is 26.2 Å². The first kappa shape index (κ1) is 14.3. The van der Waals surface area contributed by atoms with Crippen LogP contribution in [0.3, 0.4) is 0 Å². The van der Waals surface area contributed by atoms with Gasteiger partial charge in [-0.3, -0.25) is 0 Å². The molecular weight excluding hydrogens is 220 g/mol. The van der Waals surface area contributed by atoms with Crippen LogP contribution in [0, 0.1) is 5.41 Å². The van der Waals surface area contributed by atoms with Gasteiger partial charge < -0.3 is 10.2 Å². The third-order valence-electron chi connectivity index (χ3n) is 5.24. The Bertz CT molecular complexity index is 225. The van der Waals surface area contributed by atoms with Gasteiger partial charge in [-0.2, -0.15) is 0 Å². The molecule has 0 aromatic rings. The summed E-state index contributed by atoms with van der Waals surface area (Å²) >= 11 is 0. The van der Waals surface area contributed by atoms with Crippen LogP contribution < -0.4 is 5.32 Å². The van der Waals surface area contributed by atoms with Crippen LogP contribution in [0.25, 0.3) is 0 Å². The number of likely N-dealkylation sites (tertiary alicyclic amines) is 1. The quantitative estimate of drug-likeness (QED) is 0.779. The summed E-state index contributed by atoms with van der Waals surface area (Å²) in [6, 6.07) is 0.794. The highest BCUT2D eigenvalue weighted by Crippen LogP contribution is 2.41. The van der Waals surface area contributed by atoms with Crippen LogP contribution in [0.5, 0.6) is 0 Å². The first-order chi connectivity index (χ1) is 8.78. The van der Waals surface area contributed by atoms with E-state index in [1.807, 2.05) is 0 Å². The molecule has 0 spiro atoms. The summed E-state index contributed by atoms with van der Waals surface area (Å²) in [6.07, 6.45) is 11.3. The molecule has 0 amide bonds. The van der Waals surface area contributed by atoms with E-state index in [1.165, 1.54) is 77.5 Å². The van der Waals surface area contributed by atoms with Crippen LogP contribution in [0.2, 0.25) is 0 Å². The van der Waals surface area contributed by atoms with Crippen molar-refractivity contribution in [2.24, 2.45) is 5.41 Å². The Hall–Kier alpha value is -0.0800. The Labute approximate surface area is 114 Å². The van der Waals surface area contributed by atoms with Gasteiger partial charge in [0.1, 0.15) is 0 Å². The van der Waals surface area contributed by atoms with Crippen molar-refractivity contribution >= 4 is 0 Å². The van der Waals surface area contributed by atoms with Crippen molar-refractivity contribution in [3.8, 4) is 0 Å². The summed E-state index contributed by atoms with van der Waals surface area (Å²) in [5, 5.41) is 3.68. The molecule has 0 radical (unpaired) electrons. The molecule has 0 aromatic carbocycles. The zero-order valence-corrected chi connectivity index (χ0v) is 12.5. The van der Waals surface area contributed by atoms with Crippen molar-refractivity contribution in [1.29, 1.82) is 0 Å². The molecule has 2 heteroatoms. The molecule has 0 atom stereocenters. The Morgan fingerprint density at radius 1 is 1.11 bits per heavy atom. The van der Waals surface area contributed by atoms with E-state index in [1.54, 1.807) is 0 Å². The maximum absolute atomic E-state index is 3.68. The van der Waals surface area contributed by atoms with Crippen LogP contribution in [0.15, 0.2) is 0 Å². The summed E-state index contributed by atoms with van der Waals surface area (Å²) in [4.78, 5) is 2.75. The minimum absolute atomic E-state index is 0.684. The van der Waals surface area contributed by atoms with E-state index in [0.29, 0.717) is 5.41 Å². The lowest BCUT2D eigenvalue weighted by Gasteiger charge is -2.39. The van der Waals surface area contributed by atoms with E-state index in [0.717, 1.165) is 6.04 Å². The van der Waals surface area contributed by atoms with Gasteiger partial charge in [0.25, 0.3) is 0 Å². The summed E-state index contributed by atoms with van der Waals surface area (Å²) in [5.41, 5.74) is 0.684. The molecule has 2 rings (SSSR count). The molecule has 0 bridgehead atoms. The van der Waals surface area contributed by atoms with Gasteiger partial charge in [-0.15, -0.1) is 0 Å². The second kappa shape index (κ2) is 6.91. The van der Waals surface area contributed by atoms with Crippen molar-refractivity contribution < 1.29 is 0 Å². The Morgan fingerprint density at radius 2 is 1.78 bits per heavy atom. The fourth-order valence-electron chi connectivity index (χ4n) is 3.87. The van der Waals surface area contributed by atoms with Crippen molar-refractivity contribution in [3.05, 3.63) is 0 Å². The third kappa shape index (κ3) is 3.71. The van der Waals surface area contributed by atoms with Gasteiger partial charge in [0.15, 0.2) is 0 Å². The predicted octanol–water partition coefficient (Wildman–Crippen LogP) is 3.42. The predicted molar refractivity (Wildman–Crippen MR) is 78.9 cm³/mol. The minimum Gasteiger partial charge on any atom is -0.314 e. The summed E-state index contributed by atoms with van der Waals surface area (Å²) in [5.74, 6) is 0. The Morgan fingerprint density at radius 3 is 2.33 bits per heavy atom. The zero-order valence-electron chi connectivity index (χ0n) is 12.5. The van der Waals surface area contributed by atoms with Crippen molar-refractivity contribution in [1.82, 2.24) is 10.2 Å². The highest BCUT2D eigenvalue weighted by Gasteiger charge is 2.34. The molecule has 1 N–H and O–H groups in total. The average Bonchev–Trinajstić information content (AvgIpc) is 2.87. The van der Waals surface area contributed by atoms with Gasteiger partial charge in [-0.05, 0) is 63.6 Å². The molecule has 1 saturated heterocycles. The van der Waals surface area contributed by atoms with Gasteiger partial charge in [-0.1, -0.05) is 26.7 Å². The van der Waals surface area contributed by atoms with Crippen LogP contribution in [0.1, 0.15) is 65.2 Å². The topological polar surface area (TPSA) is 15.3 Å². The number of piperidine rings is 1. The monoisotopic (exact) mass is 252 g/mol. The molecular formula is C16H32N2. The van der Waals surface area contributed by atoms with Gasteiger partial charge in [0, 0.05) is 12.6 Å². The smallest absolute Gasteiger partial charge is 0.00914 e. The standard InChI is InChI=1S/C16H32N2/c1-3-11-17-15-7-12-18(13-8-15)14-16(4-2)9-5-6-10-16/h15,17H,3-14H2,1-2H3. The lowest BCUT2D eigenvalue weighted by Crippen LogP contribution is -2.46. The molecule has 2 nitrogen and oxygen atoms in total. The molecule has 0 aromatic heterocycles. The fourth-order valence-corrected chi connectivity index (χ4v) is 3.87. The summed E-state index contributed by atoms with van der Waals surface area (Å²) < 4.78 is 0. The molecule has 1 saturated carbocycles. The number of hydrogen-bond acceptors (Lipinski definition) is 2. The van der Waals surface area contributed by atoms with E-state index < -0.39 is 0 Å². The first-order valence-corrected chi connectivity index (χ1v) is 8.24. The van der Waals surface area contributed by atoms with Gasteiger partial charge in [0.2, 0.25) is 0 Å². The molecule has 0 unspecified atom stereocenters. The van der Waals surface area contributed by atoms with Crippen molar-refractivity contribution in [3.63, 3.8) is 0 Å². The lowest BCUT2D eigenvalue weighted by molar-refractivity contribution is 0.116. The normalized spacial score (nSPS) is 25.7. The van der Waals surface area contributed by atoms with Crippen LogP contribution >= 0.6 is 0 Å². The molecule has 18 heavy (non-hydrogen) atoms. The largest absolute Gasteiger partial charge is 0.314 e. The maximum atomic E-state index is 3.68.